The SMILES string of the molecule is CCC(N)(CC)CNS(=O)(=O)c1ccc2c3c(cccc13)C(=O)N2C.Cl. The van der Waals surface area contributed by atoms with Crippen molar-refractivity contribution in [1.82, 2.24) is 4.72 Å². The normalized spacial score (nSPS) is 14.0. The Hall–Kier alpha value is -1.67. The molecule has 1 heterocycles. The largest absolute Gasteiger partial charge is 0.324 e. The maximum Gasteiger partial charge on any atom is 0.258 e. The number of anilines is 1. The fraction of sp³-hybridized carbons (Fsp3) is 0.389. The van der Waals surface area contributed by atoms with Crippen molar-refractivity contribution in [2.45, 2.75) is 37.1 Å². The molecule has 2 aromatic carbocycles. The van der Waals surface area contributed by atoms with Gasteiger partial charge in [0.25, 0.3) is 5.91 Å². The summed E-state index contributed by atoms with van der Waals surface area (Å²) in [5.41, 5.74) is 6.90. The van der Waals surface area contributed by atoms with Gasteiger partial charge < -0.3 is 10.6 Å². The van der Waals surface area contributed by atoms with Crippen LogP contribution in [0.5, 0.6) is 0 Å². The van der Waals surface area contributed by atoms with Crippen LogP contribution in [0.3, 0.4) is 0 Å². The number of carbonyl (C=O) groups is 1. The number of amides is 1. The molecular weight excluding hydrogens is 374 g/mol. The number of halogens is 1. The molecule has 0 radical (unpaired) electrons. The van der Waals surface area contributed by atoms with Crippen molar-refractivity contribution in [3.8, 4) is 0 Å². The van der Waals surface area contributed by atoms with Gasteiger partial charge in [-0.15, -0.1) is 12.4 Å². The first-order valence-electron chi connectivity index (χ1n) is 8.36. The number of nitrogens with one attached hydrogen (secondary N) is 1. The Morgan fingerprint density at radius 1 is 1.15 bits per heavy atom. The fourth-order valence-corrected chi connectivity index (χ4v) is 4.50. The molecule has 0 saturated carbocycles. The number of rotatable bonds is 6. The second-order valence-electron chi connectivity index (χ2n) is 6.57. The Labute approximate surface area is 160 Å². The molecule has 0 aromatic heterocycles. The van der Waals surface area contributed by atoms with Crippen LogP contribution < -0.4 is 15.4 Å². The number of sulfonamides is 1. The van der Waals surface area contributed by atoms with Gasteiger partial charge in [-0.2, -0.15) is 0 Å². The van der Waals surface area contributed by atoms with Crippen molar-refractivity contribution in [2.24, 2.45) is 5.73 Å². The Kier molecular flexibility index (Phi) is 5.68. The predicted octanol–water partition coefficient (Wildman–Crippen LogP) is 2.65. The lowest BCUT2D eigenvalue weighted by atomic mass is 9.95. The molecule has 0 aliphatic carbocycles. The van der Waals surface area contributed by atoms with Gasteiger partial charge in [0.2, 0.25) is 10.0 Å². The molecule has 0 atom stereocenters. The lowest BCUT2D eigenvalue weighted by molar-refractivity contribution is 0.0999. The zero-order chi connectivity index (χ0) is 18.4. The molecule has 1 aliphatic rings. The van der Waals surface area contributed by atoms with Gasteiger partial charge in [0, 0.05) is 35.5 Å². The van der Waals surface area contributed by atoms with E-state index >= 15 is 0 Å². The molecule has 3 N–H and O–H groups in total. The molecule has 0 spiro atoms. The van der Waals surface area contributed by atoms with Gasteiger partial charge in [0.05, 0.1) is 10.6 Å². The van der Waals surface area contributed by atoms with Gasteiger partial charge >= 0.3 is 0 Å². The Balaban J connectivity index is 0.00000243. The summed E-state index contributed by atoms with van der Waals surface area (Å²) in [5, 5.41) is 1.23. The second-order valence-corrected chi connectivity index (χ2v) is 8.30. The maximum absolute atomic E-state index is 12.9. The van der Waals surface area contributed by atoms with E-state index in [2.05, 4.69) is 4.72 Å². The van der Waals surface area contributed by atoms with Gasteiger partial charge in [-0.25, -0.2) is 13.1 Å². The molecule has 0 fully saturated rings. The Morgan fingerprint density at radius 2 is 1.81 bits per heavy atom. The minimum atomic E-state index is -3.74. The number of nitrogens with zero attached hydrogens (tertiary/aromatic N) is 1. The van der Waals surface area contributed by atoms with Crippen molar-refractivity contribution >= 4 is 44.8 Å². The first-order valence-corrected chi connectivity index (χ1v) is 9.85. The first-order chi connectivity index (χ1) is 11.7. The fourth-order valence-electron chi connectivity index (χ4n) is 3.16. The minimum Gasteiger partial charge on any atom is -0.324 e. The Morgan fingerprint density at radius 3 is 2.42 bits per heavy atom. The molecule has 1 aliphatic heterocycles. The molecule has 2 aromatic rings. The average molecular weight is 398 g/mol. The van der Waals surface area contributed by atoms with E-state index in [9.17, 15) is 13.2 Å². The number of benzene rings is 2. The van der Waals surface area contributed by atoms with E-state index in [1.165, 1.54) is 0 Å². The van der Waals surface area contributed by atoms with Crippen LogP contribution in [0.4, 0.5) is 5.69 Å². The molecular formula is C18H24ClN3O3S. The van der Waals surface area contributed by atoms with Crippen LogP contribution in [0, 0.1) is 0 Å². The summed E-state index contributed by atoms with van der Waals surface area (Å²) in [4.78, 5) is 14.0. The quantitative estimate of drug-likeness (QED) is 0.783. The van der Waals surface area contributed by atoms with E-state index in [-0.39, 0.29) is 29.8 Å². The smallest absolute Gasteiger partial charge is 0.258 e. The van der Waals surface area contributed by atoms with Crippen LogP contribution in [0.25, 0.3) is 10.8 Å². The molecule has 0 bridgehead atoms. The summed E-state index contributed by atoms with van der Waals surface area (Å²) < 4.78 is 28.4. The third-order valence-corrected chi connectivity index (χ3v) is 6.65. The van der Waals surface area contributed by atoms with E-state index in [0.717, 1.165) is 5.69 Å². The van der Waals surface area contributed by atoms with Gasteiger partial charge in [0.1, 0.15) is 0 Å². The van der Waals surface area contributed by atoms with Crippen LogP contribution in [0.15, 0.2) is 35.2 Å². The highest BCUT2D eigenvalue weighted by atomic mass is 35.5. The van der Waals surface area contributed by atoms with E-state index in [0.29, 0.717) is 29.2 Å². The lowest BCUT2D eigenvalue weighted by Crippen LogP contribution is -2.49. The zero-order valence-electron chi connectivity index (χ0n) is 15.1. The number of hydrogen-bond acceptors (Lipinski definition) is 4. The highest BCUT2D eigenvalue weighted by molar-refractivity contribution is 7.89. The van der Waals surface area contributed by atoms with Crippen molar-refractivity contribution in [2.75, 3.05) is 18.5 Å². The molecule has 6 nitrogen and oxygen atoms in total. The van der Waals surface area contributed by atoms with Crippen LogP contribution in [0.1, 0.15) is 37.0 Å². The second kappa shape index (κ2) is 7.15. The third kappa shape index (κ3) is 3.20. The third-order valence-electron chi connectivity index (χ3n) is 5.19. The Bertz CT molecular complexity index is 956. The monoisotopic (exact) mass is 397 g/mol. The number of hydrogen-bond donors (Lipinski definition) is 2. The van der Waals surface area contributed by atoms with Crippen LogP contribution in [-0.4, -0.2) is 33.5 Å². The van der Waals surface area contributed by atoms with Gasteiger partial charge in [-0.3, -0.25) is 4.79 Å². The average Bonchev–Trinajstić information content (AvgIpc) is 2.87. The molecule has 8 heteroatoms. The highest BCUT2D eigenvalue weighted by Crippen LogP contribution is 2.39. The maximum atomic E-state index is 12.9. The minimum absolute atomic E-state index is 0. The molecule has 0 unspecified atom stereocenters. The summed E-state index contributed by atoms with van der Waals surface area (Å²) in [7, 11) is -2.05. The van der Waals surface area contributed by atoms with E-state index < -0.39 is 15.6 Å². The highest BCUT2D eigenvalue weighted by Gasteiger charge is 2.31. The number of carbonyl (C=O) groups excluding carboxylic acids is 1. The topological polar surface area (TPSA) is 92.5 Å². The summed E-state index contributed by atoms with van der Waals surface area (Å²) >= 11 is 0. The van der Waals surface area contributed by atoms with Crippen LogP contribution in [0.2, 0.25) is 0 Å². The van der Waals surface area contributed by atoms with Crippen LogP contribution in [-0.2, 0) is 10.0 Å². The van der Waals surface area contributed by atoms with E-state index in [1.54, 1.807) is 42.3 Å². The molecule has 142 valence electrons. The van der Waals surface area contributed by atoms with Crippen molar-refractivity contribution in [3.63, 3.8) is 0 Å². The number of nitrogens with two attached hydrogens (primary N) is 1. The lowest BCUT2D eigenvalue weighted by Gasteiger charge is -2.26. The molecule has 1 amide bonds. The summed E-state index contributed by atoms with van der Waals surface area (Å²) in [6.45, 7) is 4.06. The van der Waals surface area contributed by atoms with Gasteiger partial charge in [-0.05, 0) is 31.0 Å². The van der Waals surface area contributed by atoms with Gasteiger partial charge in [0.15, 0.2) is 0 Å². The summed E-state index contributed by atoms with van der Waals surface area (Å²) in [6.07, 6.45) is 1.35. The summed E-state index contributed by atoms with van der Waals surface area (Å²) in [6, 6.07) is 8.40. The molecule has 0 saturated heterocycles. The van der Waals surface area contributed by atoms with Gasteiger partial charge in [-0.1, -0.05) is 26.0 Å². The zero-order valence-corrected chi connectivity index (χ0v) is 16.7. The summed E-state index contributed by atoms with van der Waals surface area (Å²) in [5.74, 6) is -0.124. The van der Waals surface area contributed by atoms with Crippen molar-refractivity contribution in [1.29, 1.82) is 0 Å². The molecule has 26 heavy (non-hydrogen) atoms. The van der Waals surface area contributed by atoms with E-state index in [1.807, 2.05) is 13.8 Å². The standard InChI is InChI=1S/C18H23N3O3S.ClH/c1-4-18(19,5-2)11-20-25(23,24)15-10-9-14-16-12(15)7-6-8-13(16)17(22)21(14)3;/h6-10,20H,4-5,11,19H2,1-3H3;1H. The van der Waals surface area contributed by atoms with Crippen molar-refractivity contribution < 1.29 is 13.2 Å². The predicted molar refractivity (Wildman–Crippen MR) is 107 cm³/mol. The van der Waals surface area contributed by atoms with Crippen molar-refractivity contribution in [3.05, 3.63) is 35.9 Å². The van der Waals surface area contributed by atoms with E-state index in [4.69, 9.17) is 5.73 Å². The van der Waals surface area contributed by atoms with Crippen LogP contribution >= 0.6 is 12.4 Å². The first kappa shape index (κ1) is 20.6. The molecule has 3 rings (SSSR count).